The molecule has 7 heteroatoms. The average molecular weight is 838 g/mol. The van der Waals surface area contributed by atoms with Crippen molar-refractivity contribution in [1.29, 1.82) is 0 Å². The second-order valence-corrected chi connectivity index (χ2v) is 15.9. The van der Waals surface area contributed by atoms with Gasteiger partial charge in [-0.05, 0) is 103 Å². The van der Waals surface area contributed by atoms with Gasteiger partial charge in [0.1, 0.15) is 11.6 Å². The quantitative estimate of drug-likeness (QED) is 0.162. The van der Waals surface area contributed by atoms with Crippen molar-refractivity contribution in [2.24, 2.45) is 17.8 Å². The number of para-hydroxylation sites is 1. The first-order chi connectivity index (χ1) is 23.8. The summed E-state index contributed by atoms with van der Waals surface area (Å²) >= 11 is 0. The summed E-state index contributed by atoms with van der Waals surface area (Å²) in [5, 5.41) is 2.28. The predicted molar refractivity (Wildman–Crippen MR) is 196 cm³/mol. The molecule has 3 aromatic heterocycles. The Morgan fingerprint density at radius 2 is 1.54 bits per heavy atom. The Labute approximate surface area is 308 Å². The van der Waals surface area contributed by atoms with Crippen LogP contribution in [0.4, 0.5) is 17.2 Å². The monoisotopic (exact) mass is 837 g/mol. The van der Waals surface area contributed by atoms with E-state index in [0.29, 0.717) is 11.5 Å². The molecule has 0 spiro atoms. The van der Waals surface area contributed by atoms with Crippen molar-refractivity contribution in [2.75, 3.05) is 9.80 Å². The fourth-order valence-corrected chi connectivity index (χ4v) is 9.83. The molecule has 6 aromatic rings. The molecule has 4 bridgehead atoms. The summed E-state index contributed by atoms with van der Waals surface area (Å²) in [6.07, 6.45) is 11.9. The average Bonchev–Trinajstić information content (AvgIpc) is 3.64. The maximum atomic E-state index is 6.55. The number of ether oxygens (including phenoxy) is 1. The molecular weight excluding hydrogens is 798 g/mol. The molecular formula is C43H40N5OPt-3. The first-order valence-electron chi connectivity index (χ1n) is 17.8. The van der Waals surface area contributed by atoms with Crippen LogP contribution in [-0.4, -0.2) is 20.1 Å². The number of anilines is 3. The number of rotatable bonds is 5. The fourth-order valence-electron chi connectivity index (χ4n) is 9.83. The molecule has 4 heterocycles. The Kier molecular flexibility index (Phi) is 7.44. The van der Waals surface area contributed by atoms with Crippen LogP contribution in [0.25, 0.3) is 27.6 Å². The molecule has 0 atom stereocenters. The summed E-state index contributed by atoms with van der Waals surface area (Å²) in [7, 11) is 0. The van der Waals surface area contributed by atoms with E-state index in [1.807, 2.05) is 30.6 Å². The van der Waals surface area contributed by atoms with Crippen LogP contribution in [0.15, 0.2) is 91.3 Å². The third-order valence-corrected chi connectivity index (χ3v) is 11.6. The minimum absolute atomic E-state index is 0. The molecule has 4 saturated carbocycles. The summed E-state index contributed by atoms with van der Waals surface area (Å²) in [5.41, 5.74) is 5.49. The summed E-state index contributed by atoms with van der Waals surface area (Å²) < 4.78 is 8.76. The van der Waals surface area contributed by atoms with E-state index >= 15 is 0 Å². The van der Waals surface area contributed by atoms with Gasteiger partial charge in [0.05, 0.1) is 5.69 Å². The Balaban J connectivity index is 0.00000336. The summed E-state index contributed by atoms with van der Waals surface area (Å²) in [6.45, 7) is 9.00. The van der Waals surface area contributed by atoms with Gasteiger partial charge in [0, 0.05) is 56.0 Å². The van der Waals surface area contributed by atoms with Gasteiger partial charge in [-0.1, -0.05) is 44.5 Å². The predicted octanol–water partition coefficient (Wildman–Crippen LogP) is 10.3. The minimum atomic E-state index is 0. The number of hydrogen-bond acceptors (Lipinski definition) is 5. The third kappa shape index (κ3) is 5.08. The van der Waals surface area contributed by atoms with Gasteiger partial charge in [0.2, 0.25) is 0 Å². The second kappa shape index (κ2) is 11.7. The molecule has 0 amide bonds. The summed E-state index contributed by atoms with van der Waals surface area (Å²) in [4.78, 5) is 14.6. The van der Waals surface area contributed by atoms with Gasteiger partial charge in [-0.2, -0.15) is 12.1 Å². The zero-order valence-corrected chi connectivity index (χ0v) is 30.9. The minimum Gasteiger partial charge on any atom is -0.509 e. The first-order valence-corrected chi connectivity index (χ1v) is 17.8. The van der Waals surface area contributed by atoms with Gasteiger partial charge in [0.25, 0.3) is 0 Å². The van der Waals surface area contributed by atoms with Crippen molar-refractivity contribution in [3.8, 4) is 17.3 Å². The van der Waals surface area contributed by atoms with Crippen LogP contribution in [-0.2, 0) is 26.5 Å². The molecule has 0 unspecified atom stereocenters. The summed E-state index contributed by atoms with van der Waals surface area (Å²) in [5.74, 6) is 5.80. The number of pyridine rings is 2. The van der Waals surface area contributed by atoms with Crippen LogP contribution in [0.5, 0.6) is 11.5 Å². The fraction of sp³-hybridized carbons (Fsp3) is 0.326. The molecule has 6 nitrogen and oxygen atoms in total. The largest absolute Gasteiger partial charge is 0.509 e. The van der Waals surface area contributed by atoms with Crippen molar-refractivity contribution < 1.29 is 25.8 Å². The van der Waals surface area contributed by atoms with Crippen LogP contribution >= 0.6 is 0 Å². The standard InChI is InChI=1S/C43H40N5O.Pt/c1-42(2,3)31-15-17-44-40(21-31)48-37-11-5-4-10-35(37)36-14-13-34(23-39(36)48)49-33-9-6-8-32(22-33)46-27-47(41-38(46)12-7-16-45-41)43-24-28-18-29(25-43)20-30(19-28)26-43;/h4-17,21,27-30H,18-20,24-26H2,1-3H3;/q-3;. The molecule has 11 rings (SSSR count). The number of aromatic nitrogens is 3. The van der Waals surface area contributed by atoms with Crippen LogP contribution in [0, 0.1) is 36.6 Å². The molecule has 4 fully saturated rings. The van der Waals surface area contributed by atoms with Crippen LogP contribution in [0.2, 0.25) is 0 Å². The SMILES string of the molecule is CC(C)(C)c1ccnc(-n2c3[c-]c(Oc4[c-]c(N5[CH-]N(C67CC8CC(CC(C8)C6)C7)c6ncccc65)ccc4)ccc3c3ccccc32)c1.[Pt]. The van der Waals surface area contributed by atoms with Gasteiger partial charge < -0.3 is 19.1 Å². The van der Waals surface area contributed by atoms with E-state index in [4.69, 9.17) is 14.7 Å². The van der Waals surface area contributed by atoms with Crippen molar-refractivity contribution in [2.45, 2.75) is 70.3 Å². The van der Waals surface area contributed by atoms with Crippen LogP contribution in [0.3, 0.4) is 0 Å². The zero-order valence-electron chi connectivity index (χ0n) is 28.7. The van der Waals surface area contributed by atoms with E-state index in [9.17, 15) is 0 Å². The van der Waals surface area contributed by atoms with E-state index in [1.165, 1.54) is 44.1 Å². The van der Waals surface area contributed by atoms with Gasteiger partial charge in [-0.25, -0.2) is 9.97 Å². The van der Waals surface area contributed by atoms with Gasteiger partial charge >= 0.3 is 0 Å². The van der Waals surface area contributed by atoms with E-state index in [0.717, 1.165) is 62.6 Å². The number of benzene rings is 3. The Bertz CT molecular complexity index is 2220. The summed E-state index contributed by atoms with van der Waals surface area (Å²) in [6, 6.07) is 34.5. The molecule has 0 N–H and O–H groups in total. The van der Waals surface area contributed by atoms with Gasteiger partial charge in [0.15, 0.2) is 0 Å². The first kappa shape index (κ1) is 31.8. The van der Waals surface area contributed by atoms with Crippen LogP contribution in [0.1, 0.15) is 64.9 Å². The maximum Gasteiger partial charge on any atom is 0.135 e. The second-order valence-electron chi connectivity index (χ2n) is 15.9. The molecule has 1 aliphatic heterocycles. The smallest absolute Gasteiger partial charge is 0.135 e. The van der Waals surface area contributed by atoms with E-state index in [1.54, 1.807) is 0 Å². The molecule has 0 saturated heterocycles. The van der Waals surface area contributed by atoms with E-state index in [-0.39, 0.29) is 32.0 Å². The Hall–Kier alpha value is -4.15. The number of fused-ring (bicyclic) bond motifs is 4. The van der Waals surface area contributed by atoms with Crippen LogP contribution < -0.4 is 14.5 Å². The molecule has 4 aliphatic carbocycles. The molecule has 0 radical (unpaired) electrons. The van der Waals surface area contributed by atoms with Crippen molar-refractivity contribution in [3.05, 3.63) is 116 Å². The normalized spacial score (nSPS) is 23.8. The third-order valence-electron chi connectivity index (χ3n) is 11.6. The number of hydrogen-bond donors (Lipinski definition) is 0. The molecule has 5 aliphatic rings. The molecule has 3 aromatic carbocycles. The molecule has 256 valence electrons. The van der Waals surface area contributed by atoms with Gasteiger partial charge in [-0.3, -0.25) is 0 Å². The van der Waals surface area contributed by atoms with Crippen molar-refractivity contribution in [1.82, 2.24) is 14.5 Å². The molecule has 50 heavy (non-hydrogen) atoms. The van der Waals surface area contributed by atoms with E-state index < -0.39 is 0 Å². The number of nitrogens with zero attached hydrogens (tertiary/aromatic N) is 5. The van der Waals surface area contributed by atoms with Crippen molar-refractivity contribution in [3.63, 3.8) is 0 Å². The zero-order chi connectivity index (χ0) is 32.9. The topological polar surface area (TPSA) is 46.4 Å². The van der Waals surface area contributed by atoms with Crippen molar-refractivity contribution >= 4 is 39.0 Å². The Morgan fingerprint density at radius 3 is 2.32 bits per heavy atom. The Morgan fingerprint density at radius 1 is 0.780 bits per heavy atom. The maximum absolute atomic E-state index is 6.55. The van der Waals surface area contributed by atoms with Gasteiger partial charge in [-0.15, -0.1) is 48.1 Å². The van der Waals surface area contributed by atoms with E-state index in [2.05, 4.69) is 115 Å².